The summed E-state index contributed by atoms with van der Waals surface area (Å²) in [6, 6.07) is 3.74. The predicted octanol–water partition coefficient (Wildman–Crippen LogP) is -0.201. The van der Waals surface area contributed by atoms with Crippen molar-refractivity contribution in [3.05, 3.63) is 29.3 Å². The SMILES string of the molecule is Cc1ccc(S(=O)(=O)N(C)CC(N)=O)cc1C(=O)O. The van der Waals surface area contributed by atoms with Gasteiger partial charge in [-0.25, -0.2) is 13.2 Å². The van der Waals surface area contributed by atoms with Gasteiger partial charge in [-0.3, -0.25) is 4.79 Å². The van der Waals surface area contributed by atoms with Gasteiger partial charge < -0.3 is 10.8 Å². The van der Waals surface area contributed by atoms with Crippen molar-refractivity contribution in [2.24, 2.45) is 5.73 Å². The molecule has 0 fully saturated rings. The Kier molecular flexibility index (Phi) is 4.28. The molecule has 1 aromatic rings. The molecule has 19 heavy (non-hydrogen) atoms. The van der Waals surface area contributed by atoms with E-state index in [1.165, 1.54) is 19.2 Å². The van der Waals surface area contributed by atoms with Crippen LogP contribution < -0.4 is 5.73 Å². The van der Waals surface area contributed by atoms with Crippen LogP contribution in [0.1, 0.15) is 15.9 Å². The van der Waals surface area contributed by atoms with E-state index in [1.807, 2.05) is 0 Å². The van der Waals surface area contributed by atoms with Crippen LogP contribution in [0, 0.1) is 6.92 Å². The number of rotatable bonds is 5. The number of likely N-dealkylation sites (N-methyl/N-ethyl adjacent to an activating group) is 1. The molecule has 0 unspecified atom stereocenters. The highest BCUT2D eigenvalue weighted by atomic mass is 32.2. The fraction of sp³-hybridized carbons (Fsp3) is 0.273. The molecular weight excluding hydrogens is 272 g/mol. The molecule has 1 aromatic carbocycles. The molecule has 7 nitrogen and oxygen atoms in total. The maximum absolute atomic E-state index is 12.1. The molecule has 3 N–H and O–H groups in total. The van der Waals surface area contributed by atoms with Crippen molar-refractivity contribution in [1.29, 1.82) is 0 Å². The minimum Gasteiger partial charge on any atom is -0.478 e. The van der Waals surface area contributed by atoms with Crippen LogP contribution in [0.3, 0.4) is 0 Å². The van der Waals surface area contributed by atoms with Gasteiger partial charge in [0, 0.05) is 7.05 Å². The Morgan fingerprint density at radius 1 is 1.37 bits per heavy atom. The maximum atomic E-state index is 12.1. The van der Waals surface area contributed by atoms with E-state index in [0.717, 1.165) is 10.4 Å². The lowest BCUT2D eigenvalue weighted by Gasteiger charge is -2.16. The van der Waals surface area contributed by atoms with E-state index in [9.17, 15) is 18.0 Å². The molecule has 0 aliphatic heterocycles. The van der Waals surface area contributed by atoms with Gasteiger partial charge in [-0.2, -0.15) is 4.31 Å². The predicted molar refractivity (Wildman–Crippen MR) is 67.1 cm³/mol. The zero-order valence-electron chi connectivity index (χ0n) is 10.5. The molecule has 0 radical (unpaired) electrons. The van der Waals surface area contributed by atoms with E-state index in [-0.39, 0.29) is 10.5 Å². The molecule has 1 rings (SSSR count). The number of nitrogens with zero attached hydrogens (tertiary/aromatic N) is 1. The van der Waals surface area contributed by atoms with Crippen LogP contribution in [0.5, 0.6) is 0 Å². The van der Waals surface area contributed by atoms with Crippen LogP contribution in [0.2, 0.25) is 0 Å². The van der Waals surface area contributed by atoms with Gasteiger partial charge in [-0.05, 0) is 24.6 Å². The number of hydrogen-bond donors (Lipinski definition) is 2. The Bertz CT molecular complexity index is 624. The van der Waals surface area contributed by atoms with Crippen molar-refractivity contribution in [2.45, 2.75) is 11.8 Å². The van der Waals surface area contributed by atoms with Crippen LogP contribution in [-0.4, -0.2) is 43.3 Å². The number of carboxylic acids is 1. The highest BCUT2D eigenvalue weighted by Gasteiger charge is 2.23. The first-order valence-corrected chi connectivity index (χ1v) is 6.69. The van der Waals surface area contributed by atoms with Crippen molar-refractivity contribution < 1.29 is 23.1 Å². The standard InChI is InChI=1S/C11H14N2O5S/c1-7-3-4-8(5-9(7)11(15)16)19(17,18)13(2)6-10(12)14/h3-5H,6H2,1-2H3,(H2,12,14)(H,15,16). The molecular formula is C11H14N2O5S. The summed E-state index contributed by atoms with van der Waals surface area (Å²) >= 11 is 0. The van der Waals surface area contributed by atoms with Gasteiger partial charge in [0.25, 0.3) is 0 Å². The highest BCUT2D eigenvalue weighted by Crippen LogP contribution is 2.18. The zero-order valence-corrected chi connectivity index (χ0v) is 11.3. The smallest absolute Gasteiger partial charge is 0.335 e. The number of primary amides is 1. The number of carbonyl (C=O) groups is 2. The lowest BCUT2D eigenvalue weighted by Crippen LogP contribution is -2.35. The third-order valence-corrected chi connectivity index (χ3v) is 4.33. The molecule has 0 saturated carbocycles. The topological polar surface area (TPSA) is 118 Å². The van der Waals surface area contributed by atoms with Crippen LogP contribution in [0.15, 0.2) is 23.1 Å². The average molecular weight is 286 g/mol. The summed E-state index contributed by atoms with van der Waals surface area (Å²) < 4.78 is 24.9. The van der Waals surface area contributed by atoms with E-state index in [0.29, 0.717) is 5.56 Å². The summed E-state index contributed by atoms with van der Waals surface area (Å²) in [5, 5.41) is 8.96. The van der Waals surface area contributed by atoms with Crippen molar-refractivity contribution in [3.8, 4) is 0 Å². The number of sulfonamides is 1. The molecule has 0 heterocycles. The number of aryl methyl sites for hydroxylation is 1. The van der Waals surface area contributed by atoms with Gasteiger partial charge in [0.05, 0.1) is 17.0 Å². The van der Waals surface area contributed by atoms with Gasteiger partial charge in [0.1, 0.15) is 0 Å². The summed E-state index contributed by atoms with van der Waals surface area (Å²) in [7, 11) is -2.74. The highest BCUT2D eigenvalue weighted by molar-refractivity contribution is 7.89. The van der Waals surface area contributed by atoms with E-state index in [4.69, 9.17) is 10.8 Å². The monoisotopic (exact) mass is 286 g/mol. The molecule has 0 bridgehead atoms. The number of benzene rings is 1. The quantitative estimate of drug-likeness (QED) is 0.777. The lowest BCUT2D eigenvalue weighted by atomic mass is 10.1. The number of carboxylic acid groups (broad SMARTS) is 1. The Morgan fingerprint density at radius 2 is 1.95 bits per heavy atom. The molecule has 0 spiro atoms. The lowest BCUT2D eigenvalue weighted by molar-refractivity contribution is -0.118. The first-order valence-electron chi connectivity index (χ1n) is 5.25. The summed E-state index contributed by atoms with van der Waals surface area (Å²) in [5.41, 5.74) is 5.28. The molecule has 0 aliphatic rings. The van der Waals surface area contributed by atoms with Crippen LogP contribution in [0.25, 0.3) is 0 Å². The summed E-state index contributed by atoms with van der Waals surface area (Å²) in [4.78, 5) is 21.5. The van der Waals surface area contributed by atoms with Crippen LogP contribution >= 0.6 is 0 Å². The van der Waals surface area contributed by atoms with Crippen molar-refractivity contribution >= 4 is 21.9 Å². The summed E-state index contributed by atoms with van der Waals surface area (Å²) in [5.74, 6) is -2.01. The second-order valence-electron chi connectivity index (χ2n) is 4.01. The first kappa shape index (κ1) is 15.1. The third-order valence-electron chi connectivity index (χ3n) is 2.53. The Morgan fingerprint density at radius 3 is 2.42 bits per heavy atom. The van der Waals surface area contributed by atoms with Gasteiger partial charge in [0.15, 0.2) is 0 Å². The number of hydrogen-bond acceptors (Lipinski definition) is 4. The van der Waals surface area contributed by atoms with Gasteiger partial charge >= 0.3 is 5.97 Å². The van der Waals surface area contributed by atoms with E-state index in [1.54, 1.807) is 6.92 Å². The fourth-order valence-corrected chi connectivity index (χ4v) is 2.64. The van der Waals surface area contributed by atoms with E-state index >= 15 is 0 Å². The largest absolute Gasteiger partial charge is 0.478 e. The van der Waals surface area contributed by atoms with Crippen molar-refractivity contribution in [2.75, 3.05) is 13.6 Å². The fourth-order valence-electron chi connectivity index (χ4n) is 1.48. The van der Waals surface area contributed by atoms with Crippen molar-refractivity contribution in [1.82, 2.24) is 4.31 Å². The number of aromatic carboxylic acids is 1. The van der Waals surface area contributed by atoms with Crippen LogP contribution in [-0.2, 0) is 14.8 Å². The zero-order chi connectivity index (χ0) is 14.8. The average Bonchev–Trinajstić information content (AvgIpc) is 2.27. The summed E-state index contributed by atoms with van der Waals surface area (Å²) in [6.45, 7) is 1.09. The minimum atomic E-state index is -3.94. The second kappa shape index (κ2) is 5.37. The Hall–Kier alpha value is -1.93. The molecule has 104 valence electrons. The van der Waals surface area contributed by atoms with Gasteiger partial charge in [0.2, 0.25) is 15.9 Å². The van der Waals surface area contributed by atoms with Gasteiger partial charge in [-0.1, -0.05) is 6.07 Å². The van der Waals surface area contributed by atoms with Gasteiger partial charge in [-0.15, -0.1) is 0 Å². The number of carbonyl (C=O) groups excluding carboxylic acids is 1. The number of amides is 1. The molecule has 0 atom stereocenters. The Labute approximate surface area is 110 Å². The molecule has 8 heteroatoms. The first-order chi connectivity index (χ1) is 8.66. The maximum Gasteiger partial charge on any atom is 0.335 e. The normalized spacial score (nSPS) is 11.5. The minimum absolute atomic E-state index is 0.103. The molecule has 0 saturated heterocycles. The number of nitrogens with two attached hydrogens (primary N) is 1. The third kappa shape index (κ3) is 3.30. The van der Waals surface area contributed by atoms with E-state index in [2.05, 4.69) is 0 Å². The second-order valence-corrected chi connectivity index (χ2v) is 6.05. The molecule has 0 aromatic heterocycles. The Balaban J connectivity index is 3.26. The van der Waals surface area contributed by atoms with Crippen molar-refractivity contribution in [3.63, 3.8) is 0 Å². The summed E-state index contributed by atoms with van der Waals surface area (Å²) in [6.07, 6.45) is 0. The van der Waals surface area contributed by atoms with Crippen LogP contribution in [0.4, 0.5) is 0 Å². The molecule has 0 aliphatic carbocycles. The van der Waals surface area contributed by atoms with E-state index < -0.39 is 28.4 Å². The molecule has 1 amide bonds.